The van der Waals surface area contributed by atoms with Gasteiger partial charge in [0.1, 0.15) is 0 Å². The summed E-state index contributed by atoms with van der Waals surface area (Å²) in [4.78, 5) is 2.08. The molecular weight excluding hydrogens is 177 g/mol. The molecule has 1 aliphatic heterocycles. The first-order valence-corrected chi connectivity index (χ1v) is 2.66. The molecule has 8 heavy (non-hydrogen) atoms. The van der Waals surface area contributed by atoms with Gasteiger partial charge in [-0.05, 0) is 13.1 Å². The first kappa shape index (κ1) is 9.02. The van der Waals surface area contributed by atoms with Crippen molar-refractivity contribution in [3.8, 4) is 0 Å². The van der Waals surface area contributed by atoms with E-state index in [-0.39, 0.29) is 32.7 Å². The molecule has 1 fully saturated rings. The molecular formula is C5H11N2Y-. The van der Waals surface area contributed by atoms with E-state index in [0.29, 0.717) is 0 Å². The Labute approximate surface area is 75.9 Å². The molecule has 0 aromatic heterocycles. The first-order valence-electron chi connectivity index (χ1n) is 2.66. The summed E-state index contributed by atoms with van der Waals surface area (Å²) in [5.74, 6) is 0. The van der Waals surface area contributed by atoms with Crippen LogP contribution in [-0.2, 0) is 32.7 Å². The van der Waals surface area contributed by atoms with Crippen molar-refractivity contribution in [2.45, 2.75) is 0 Å². The van der Waals surface area contributed by atoms with Gasteiger partial charge >= 0.3 is 0 Å². The number of rotatable bonds is 0. The van der Waals surface area contributed by atoms with Crippen LogP contribution in [0, 0.1) is 7.05 Å². The Balaban J connectivity index is 0.000000490. The van der Waals surface area contributed by atoms with Gasteiger partial charge < -0.3 is 10.2 Å². The Morgan fingerprint density at radius 3 is 2.00 bits per heavy atom. The predicted octanol–water partition coefficient (Wildman–Crippen LogP) is -0.319. The summed E-state index contributed by atoms with van der Waals surface area (Å²) in [6, 6.07) is 0. The van der Waals surface area contributed by atoms with Gasteiger partial charge in [-0.15, -0.1) is 0 Å². The van der Waals surface area contributed by atoms with Gasteiger partial charge in [-0.1, -0.05) is 0 Å². The number of hydrogen-bond donors (Lipinski definition) is 1. The van der Waals surface area contributed by atoms with Crippen molar-refractivity contribution in [1.29, 1.82) is 0 Å². The average Bonchev–Trinajstić information content (AvgIpc) is 1.69. The molecule has 1 radical (unpaired) electrons. The quantitative estimate of drug-likeness (QED) is 0.524. The fourth-order valence-electron chi connectivity index (χ4n) is 0.711. The minimum Gasteiger partial charge on any atom is -0.457 e. The van der Waals surface area contributed by atoms with E-state index >= 15 is 0 Å². The van der Waals surface area contributed by atoms with Crippen molar-refractivity contribution >= 4 is 0 Å². The van der Waals surface area contributed by atoms with Crippen LogP contribution in [0.5, 0.6) is 0 Å². The van der Waals surface area contributed by atoms with E-state index in [4.69, 9.17) is 0 Å². The molecule has 0 aliphatic carbocycles. The molecule has 0 spiro atoms. The smallest absolute Gasteiger partial charge is 0.00555 e. The van der Waals surface area contributed by atoms with Crippen LogP contribution in [0.2, 0.25) is 0 Å². The number of nitrogens with zero attached hydrogens (tertiary/aromatic N) is 1. The third-order valence-electron chi connectivity index (χ3n) is 1.21. The normalized spacial score (nSPS) is 22.1. The van der Waals surface area contributed by atoms with Crippen LogP contribution in [0.4, 0.5) is 0 Å². The van der Waals surface area contributed by atoms with Crippen molar-refractivity contribution in [1.82, 2.24) is 10.2 Å². The molecule has 0 aromatic carbocycles. The van der Waals surface area contributed by atoms with Crippen molar-refractivity contribution < 1.29 is 32.7 Å². The van der Waals surface area contributed by atoms with Gasteiger partial charge in [-0.2, -0.15) is 0 Å². The summed E-state index contributed by atoms with van der Waals surface area (Å²) in [6.45, 7) is 4.40. The summed E-state index contributed by atoms with van der Waals surface area (Å²) < 4.78 is 0. The van der Waals surface area contributed by atoms with E-state index < -0.39 is 0 Å². The maximum absolute atomic E-state index is 3.79. The molecule has 1 heterocycles. The van der Waals surface area contributed by atoms with E-state index in [9.17, 15) is 0 Å². The van der Waals surface area contributed by atoms with Crippen molar-refractivity contribution in [2.24, 2.45) is 0 Å². The van der Waals surface area contributed by atoms with E-state index in [1.165, 1.54) is 0 Å². The topological polar surface area (TPSA) is 15.3 Å². The zero-order valence-electron chi connectivity index (χ0n) is 5.06. The van der Waals surface area contributed by atoms with Crippen LogP contribution in [0.25, 0.3) is 0 Å². The molecule has 0 amide bonds. The molecule has 1 N–H and O–H groups in total. The molecule has 45 valence electrons. The van der Waals surface area contributed by atoms with E-state index in [0.717, 1.165) is 26.2 Å². The first-order chi connectivity index (χ1) is 3.39. The number of piperazine rings is 1. The van der Waals surface area contributed by atoms with Crippen molar-refractivity contribution in [3.05, 3.63) is 7.05 Å². The second-order valence-electron chi connectivity index (χ2n) is 1.87. The molecule has 0 bridgehead atoms. The third kappa shape index (κ3) is 3.13. The molecule has 3 heteroatoms. The predicted molar refractivity (Wildman–Crippen MR) is 29.8 cm³/mol. The summed E-state index contributed by atoms with van der Waals surface area (Å²) in [5.41, 5.74) is 0. The Kier molecular flexibility index (Phi) is 5.48. The molecule has 0 unspecified atom stereocenters. The van der Waals surface area contributed by atoms with E-state index in [1.54, 1.807) is 0 Å². The molecule has 1 saturated heterocycles. The number of nitrogens with one attached hydrogen (secondary N) is 1. The van der Waals surface area contributed by atoms with Gasteiger partial charge in [-0.3, -0.25) is 7.05 Å². The van der Waals surface area contributed by atoms with Gasteiger partial charge in [0.05, 0.1) is 0 Å². The molecule has 2 nitrogen and oxygen atoms in total. The largest absolute Gasteiger partial charge is 0.457 e. The Hall–Kier alpha value is 1.02. The van der Waals surface area contributed by atoms with Crippen molar-refractivity contribution in [3.63, 3.8) is 0 Å². The van der Waals surface area contributed by atoms with Gasteiger partial charge in [-0.25, -0.2) is 0 Å². The van der Waals surface area contributed by atoms with Crippen LogP contribution in [0.15, 0.2) is 0 Å². The Morgan fingerprint density at radius 1 is 1.25 bits per heavy atom. The van der Waals surface area contributed by atoms with Crippen LogP contribution in [0.1, 0.15) is 0 Å². The summed E-state index contributed by atoms with van der Waals surface area (Å²) >= 11 is 0. The van der Waals surface area contributed by atoms with E-state index in [2.05, 4.69) is 17.3 Å². The molecule has 0 aromatic rings. The van der Waals surface area contributed by atoms with Gasteiger partial charge in [0, 0.05) is 45.8 Å². The summed E-state index contributed by atoms with van der Waals surface area (Å²) in [5, 5.41) is 3.23. The summed E-state index contributed by atoms with van der Waals surface area (Å²) in [6.07, 6.45) is 0. The Bertz CT molecular complexity index is 52.4. The van der Waals surface area contributed by atoms with Crippen LogP contribution in [-0.4, -0.2) is 31.1 Å². The maximum Gasteiger partial charge on any atom is 0.00555 e. The molecule has 0 atom stereocenters. The van der Waals surface area contributed by atoms with Gasteiger partial charge in [0.2, 0.25) is 0 Å². The monoisotopic (exact) mass is 188 g/mol. The zero-order chi connectivity index (χ0) is 5.11. The number of hydrogen-bond acceptors (Lipinski definition) is 2. The van der Waals surface area contributed by atoms with E-state index in [1.807, 2.05) is 0 Å². The van der Waals surface area contributed by atoms with Crippen molar-refractivity contribution in [2.75, 3.05) is 26.2 Å². The van der Waals surface area contributed by atoms with Crippen LogP contribution in [0.3, 0.4) is 0 Å². The second kappa shape index (κ2) is 4.86. The molecule has 1 aliphatic rings. The minimum absolute atomic E-state index is 0. The molecule has 1 rings (SSSR count). The third-order valence-corrected chi connectivity index (χ3v) is 1.21. The van der Waals surface area contributed by atoms with Crippen LogP contribution < -0.4 is 5.32 Å². The maximum atomic E-state index is 3.79. The SMILES string of the molecule is [CH2-]N1CCNCC1.[Y]. The van der Waals surface area contributed by atoms with Gasteiger partial charge in [0.25, 0.3) is 0 Å². The van der Waals surface area contributed by atoms with Gasteiger partial charge in [0.15, 0.2) is 0 Å². The Morgan fingerprint density at radius 2 is 1.75 bits per heavy atom. The fraction of sp³-hybridized carbons (Fsp3) is 0.800. The fourth-order valence-corrected chi connectivity index (χ4v) is 0.711. The summed E-state index contributed by atoms with van der Waals surface area (Å²) in [7, 11) is 3.79. The average molecular weight is 188 g/mol. The van der Waals surface area contributed by atoms with Crippen LogP contribution >= 0.6 is 0 Å². The minimum atomic E-state index is 0. The second-order valence-corrected chi connectivity index (χ2v) is 1.87. The molecule has 0 saturated carbocycles. The standard InChI is InChI=1S/C5H11N2.Y/c1-7-4-2-6-3-5-7;/h6H,1-5H2;/q-1;. The zero-order valence-corrected chi connectivity index (χ0v) is 7.90.